The van der Waals surface area contributed by atoms with Gasteiger partial charge in [0.1, 0.15) is 11.4 Å². The van der Waals surface area contributed by atoms with Gasteiger partial charge < -0.3 is 4.43 Å². The Kier molecular flexibility index (Phi) is 4.09. The molecule has 0 radical (unpaired) electrons. The van der Waals surface area contributed by atoms with Crippen molar-refractivity contribution in [3.8, 4) is 0 Å². The van der Waals surface area contributed by atoms with E-state index < -0.39 is 8.32 Å². The summed E-state index contributed by atoms with van der Waals surface area (Å²) in [6.07, 6.45) is 10.2. The third-order valence-electron chi connectivity index (χ3n) is 9.75. The third kappa shape index (κ3) is 2.57. The predicted octanol–water partition coefficient (Wildman–Crippen LogP) is 5.64. The van der Waals surface area contributed by atoms with Crippen LogP contribution in [0.1, 0.15) is 70.7 Å². The molecule has 4 nitrogen and oxygen atoms in total. The van der Waals surface area contributed by atoms with Gasteiger partial charge in [-0.05, 0) is 106 Å². The highest BCUT2D eigenvalue weighted by atomic mass is 28.4. The van der Waals surface area contributed by atoms with Crippen LogP contribution in [0.2, 0.25) is 19.6 Å². The summed E-state index contributed by atoms with van der Waals surface area (Å²) in [5.74, 6) is 3.25. The van der Waals surface area contributed by atoms with Gasteiger partial charge in [-0.3, -0.25) is 0 Å². The molecule has 0 spiro atoms. The molecule has 7 atom stereocenters. The molecule has 0 bridgehead atoms. The van der Waals surface area contributed by atoms with Gasteiger partial charge in [-0.25, -0.2) is 4.63 Å². The number of fused-ring (bicyclic) bond motifs is 6. The summed E-state index contributed by atoms with van der Waals surface area (Å²) in [6.45, 7) is 14.7. The Labute approximate surface area is 171 Å². The Balaban J connectivity index is 1.45. The van der Waals surface area contributed by atoms with Crippen LogP contribution in [-0.4, -0.2) is 24.2 Å². The largest absolute Gasteiger partial charge is 0.412 e. The van der Waals surface area contributed by atoms with Crippen molar-refractivity contribution in [3.05, 3.63) is 11.4 Å². The van der Waals surface area contributed by atoms with Gasteiger partial charge in [-0.1, -0.05) is 24.2 Å². The molecule has 0 saturated heterocycles. The molecule has 1 aromatic rings. The maximum atomic E-state index is 6.91. The summed E-state index contributed by atoms with van der Waals surface area (Å²) >= 11 is 0. The van der Waals surface area contributed by atoms with Gasteiger partial charge in [-0.2, -0.15) is 0 Å². The Hall–Kier alpha value is -0.683. The van der Waals surface area contributed by atoms with Crippen LogP contribution in [0.4, 0.5) is 0 Å². The molecule has 0 aliphatic heterocycles. The zero-order valence-electron chi connectivity index (χ0n) is 18.7. The lowest BCUT2D eigenvalue weighted by molar-refractivity contribution is -0.133. The monoisotopic (exact) mass is 402 g/mol. The Bertz CT molecular complexity index is 773. The van der Waals surface area contributed by atoms with Crippen LogP contribution in [0.25, 0.3) is 0 Å². The number of hydrogen-bond donors (Lipinski definition) is 0. The second-order valence-corrected chi connectivity index (χ2v) is 16.6. The van der Waals surface area contributed by atoms with E-state index in [2.05, 4.69) is 50.7 Å². The van der Waals surface area contributed by atoms with E-state index in [1.54, 1.807) is 0 Å². The molecule has 5 unspecified atom stereocenters. The Morgan fingerprint density at radius 2 is 1.64 bits per heavy atom. The van der Waals surface area contributed by atoms with Crippen molar-refractivity contribution in [1.29, 1.82) is 0 Å². The van der Waals surface area contributed by atoms with E-state index in [1.807, 2.05) is 0 Å². The summed E-state index contributed by atoms with van der Waals surface area (Å²) < 4.78 is 12.0. The number of rotatable bonds is 2. The maximum absolute atomic E-state index is 6.91. The first-order valence-corrected chi connectivity index (χ1v) is 15.0. The lowest BCUT2D eigenvalue weighted by Crippen LogP contribution is -2.58. The second kappa shape index (κ2) is 5.93. The highest BCUT2D eigenvalue weighted by Crippen LogP contribution is 2.68. The first-order chi connectivity index (χ1) is 13.1. The van der Waals surface area contributed by atoms with Gasteiger partial charge in [-0.15, -0.1) is 0 Å². The molecule has 5 heteroatoms. The van der Waals surface area contributed by atoms with Crippen LogP contribution in [0.3, 0.4) is 0 Å². The normalized spacial score (nSPS) is 47.8. The van der Waals surface area contributed by atoms with Crippen LogP contribution >= 0.6 is 0 Å². The smallest absolute Gasteiger partial charge is 0.184 e. The molecule has 0 N–H and O–H groups in total. The summed E-state index contributed by atoms with van der Waals surface area (Å²) in [4.78, 5) is 0. The van der Waals surface area contributed by atoms with Crippen molar-refractivity contribution in [2.45, 2.75) is 97.4 Å². The molecule has 3 saturated carbocycles. The minimum Gasteiger partial charge on any atom is -0.412 e. The van der Waals surface area contributed by atoms with E-state index in [0.717, 1.165) is 47.9 Å². The summed E-state index contributed by atoms with van der Waals surface area (Å²) in [5.41, 5.74) is 3.06. The molecule has 28 heavy (non-hydrogen) atoms. The van der Waals surface area contributed by atoms with Crippen molar-refractivity contribution >= 4 is 8.32 Å². The average Bonchev–Trinajstić information content (AvgIpc) is 3.12. The minimum absolute atomic E-state index is 0.0701. The fourth-order valence-corrected chi connectivity index (χ4v) is 10.0. The van der Waals surface area contributed by atoms with Crippen LogP contribution in [0.15, 0.2) is 4.63 Å². The number of hydrogen-bond acceptors (Lipinski definition) is 4. The van der Waals surface area contributed by atoms with Gasteiger partial charge >= 0.3 is 0 Å². The van der Waals surface area contributed by atoms with Crippen LogP contribution < -0.4 is 0 Å². The average molecular weight is 403 g/mol. The van der Waals surface area contributed by atoms with Crippen LogP contribution in [-0.2, 0) is 17.3 Å². The lowest BCUT2D eigenvalue weighted by Gasteiger charge is -2.61. The zero-order valence-corrected chi connectivity index (χ0v) is 19.7. The highest BCUT2D eigenvalue weighted by molar-refractivity contribution is 6.69. The molecular weight excluding hydrogens is 364 g/mol. The molecule has 156 valence electrons. The molecule has 0 amide bonds. The molecule has 3 fully saturated rings. The SMILES string of the molecule is CC12Cc3nonc3C[C@@H]1CCC1C2CCC2(C)C1CC[C@@]2(C)O[Si](C)(C)C. The third-order valence-corrected chi connectivity index (χ3v) is 10.8. The molecule has 1 aromatic heterocycles. The van der Waals surface area contributed by atoms with Crippen molar-refractivity contribution in [2.24, 2.45) is 34.5 Å². The van der Waals surface area contributed by atoms with Gasteiger partial charge in [0.05, 0.1) is 5.60 Å². The topological polar surface area (TPSA) is 48.2 Å². The first-order valence-electron chi connectivity index (χ1n) is 11.6. The number of nitrogens with zero attached hydrogens (tertiary/aromatic N) is 2. The molecule has 4 aliphatic rings. The Morgan fingerprint density at radius 1 is 0.929 bits per heavy atom. The summed E-state index contributed by atoms with van der Waals surface area (Å²) in [6, 6.07) is 0. The van der Waals surface area contributed by atoms with Crippen molar-refractivity contribution in [2.75, 3.05) is 0 Å². The van der Waals surface area contributed by atoms with Gasteiger partial charge in [0.15, 0.2) is 8.32 Å². The van der Waals surface area contributed by atoms with Gasteiger partial charge in [0.2, 0.25) is 0 Å². The fraction of sp³-hybridized carbons (Fsp3) is 0.913. The van der Waals surface area contributed by atoms with E-state index in [4.69, 9.17) is 9.06 Å². The molecule has 0 aromatic carbocycles. The van der Waals surface area contributed by atoms with E-state index in [-0.39, 0.29) is 5.60 Å². The molecule has 1 heterocycles. The lowest BCUT2D eigenvalue weighted by atomic mass is 9.44. The number of aromatic nitrogens is 2. The first kappa shape index (κ1) is 19.3. The predicted molar refractivity (Wildman–Crippen MR) is 112 cm³/mol. The Morgan fingerprint density at radius 3 is 2.39 bits per heavy atom. The van der Waals surface area contributed by atoms with Gasteiger partial charge in [0.25, 0.3) is 0 Å². The molecular formula is C23H38N2O2Si. The fourth-order valence-electron chi connectivity index (χ4n) is 8.32. The zero-order chi connectivity index (χ0) is 19.9. The van der Waals surface area contributed by atoms with Crippen LogP contribution in [0, 0.1) is 34.5 Å². The van der Waals surface area contributed by atoms with Crippen molar-refractivity contribution in [3.63, 3.8) is 0 Å². The van der Waals surface area contributed by atoms with E-state index in [0.29, 0.717) is 10.8 Å². The minimum atomic E-state index is -1.56. The standard InChI is InChI=1S/C23H38N2O2Si/c1-21-14-20-19(24-27-25-20)13-15(21)7-8-16-17(21)9-11-22(2)18(16)10-12-23(22,3)26-28(4,5)6/h15-18H,7-14H2,1-6H3/t15-,16?,17?,18?,21?,22?,23+/m0/s1. The molecule has 4 aliphatic carbocycles. The second-order valence-electron chi connectivity index (χ2n) is 12.1. The van der Waals surface area contributed by atoms with Crippen molar-refractivity contribution in [1.82, 2.24) is 10.3 Å². The van der Waals surface area contributed by atoms with Gasteiger partial charge in [0, 0.05) is 6.42 Å². The van der Waals surface area contributed by atoms with E-state index in [9.17, 15) is 0 Å². The maximum Gasteiger partial charge on any atom is 0.184 e. The van der Waals surface area contributed by atoms with E-state index in [1.165, 1.54) is 38.5 Å². The van der Waals surface area contributed by atoms with Crippen LogP contribution in [0.5, 0.6) is 0 Å². The summed E-state index contributed by atoms with van der Waals surface area (Å²) in [5, 5.41) is 8.47. The summed E-state index contributed by atoms with van der Waals surface area (Å²) in [7, 11) is -1.56. The van der Waals surface area contributed by atoms with E-state index >= 15 is 0 Å². The quantitative estimate of drug-likeness (QED) is 0.601. The highest BCUT2D eigenvalue weighted by Gasteiger charge is 2.64. The molecule has 5 rings (SSSR count). The van der Waals surface area contributed by atoms with Crippen molar-refractivity contribution < 1.29 is 9.06 Å².